The van der Waals surface area contributed by atoms with Crippen LogP contribution in [-0.2, 0) is 0 Å². The highest BCUT2D eigenvalue weighted by Crippen LogP contribution is 2.30. The Labute approximate surface area is 69.4 Å². The van der Waals surface area contributed by atoms with Crippen LogP contribution in [0.15, 0.2) is 0 Å². The minimum Gasteiger partial charge on any atom is -0.317 e. The molecule has 0 aromatic heterocycles. The van der Waals surface area contributed by atoms with Crippen LogP contribution in [0, 0.1) is 24.2 Å². The lowest BCUT2D eigenvalue weighted by Crippen LogP contribution is -2.34. The molecule has 1 aliphatic carbocycles. The van der Waals surface area contributed by atoms with Crippen LogP contribution in [-0.4, -0.2) is 6.04 Å². The Hall–Kier alpha value is -0.480. The average Bonchev–Trinajstić information content (AvgIpc) is 2.04. The van der Waals surface area contributed by atoms with Gasteiger partial charge in [0.1, 0.15) is 0 Å². The van der Waals surface area contributed by atoms with Gasteiger partial charge in [0.25, 0.3) is 0 Å². The van der Waals surface area contributed by atoms with Crippen LogP contribution < -0.4 is 5.73 Å². The maximum atomic E-state index is 5.80. The molecule has 0 spiro atoms. The van der Waals surface area contributed by atoms with Gasteiger partial charge < -0.3 is 5.73 Å². The molecule has 0 bridgehead atoms. The van der Waals surface area contributed by atoms with E-state index in [-0.39, 0.29) is 6.04 Å². The van der Waals surface area contributed by atoms with Crippen LogP contribution in [0.2, 0.25) is 0 Å². The second-order valence-corrected chi connectivity index (χ2v) is 3.62. The van der Waals surface area contributed by atoms with E-state index in [0.717, 1.165) is 5.92 Å². The van der Waals surface area contributed by atoms with Crippen molar-refractivity contribution in [2.75, 3.05) is 0 Å². The smallest absolute Gasteiger partial charge is 0.0693 e. The van der Waals surface area contributed by atoms with Crippen molar-refractivity contribution in [2.45, 2.75) is 38.6 Å². The maximum Gasteiger partial charge on any atom is 0.0693 e. The van der Waals surface area contributed by atoms with Gasteiger partial charge in [-0.3, -0.25) is 0 Å². The van der Waals surface area contributed by atoms with Gasteiger partial charge in [-0.05, 0) is 18.3 Å². The lowest BCUT2D eigenvalue weighted by molar-refractivity contribution is 0.241. The van der Waals surface area contributed by atoms with Crippen LogP contribution in [0.5, 0.6) is 0 Å². The predicted molar refractivity (Wildman–Crippen MR) is 47.9 cm³/mol. The summed E-state index contributed by atoms with van der Waals surface area (Å²) in [4.78, 5) is 0. The molecule has 0 amide bonds. The van der Waals surface area contributed by atoms with E-state index in [0.29, 0.717) is 5.92 Å². The van der Waals surface area contributed by atoms with E-state index in [1.807, 2.05) is 0 Å². The number of rotatable bonds is 1. The molecule has 1 nitrogen and oxygen atoms in total. The first-order valence-corrected chi connectivity index (χ1v) is 4.47. The van der Waals surface area contributed by atoms with Crippen LogP contribution >= 0.6 is 0 Å². The predicted octanol–water partition coefficient (Wildman–Crippen LogP) is 1.77. The van der Waals surface area contributed by atoms with Crippen molar-refractivity contribution in [1.82, 2.24) is 0 Å². The van der Waals surface area contributed by atoms with Crippen molar-refractivity contribution in [2.24, 2.45) is 17.6 Å². The van der Waals surface area contributed by atoms with Crippen molar-refractivity contribution in [3.05, 3.63) is 0 Å². The van der Waals surface area contributed by atoms with E-state index in [2.05, 4.69) is 12.8 Å². The van der Waals surface area contributed by atoms with Gasteiger partial charge in [-0.15, -0.1) is 6.42 Å². The Morgan fingerprint density at radius 2 is 2.09 bits per heavy atom. The molecule has 1 aliphatic rings. The van der Waals surface area contributed by atoms with Crippen LogP contribution in [0.3, 0.4) is 0 Å². The highest BCUT2D eigenvalue weighted by atomic mass is 14.6. The Morgan fingerprint density at radius 3 is 2.64 bits per heavy atom. The monoisotopic (exact) mass is 151 g/mol. The highest BCUT2D eigenvalue weighted by Gasteiger charge is 2.25. The quantitative estimate of drug-likeness (QED) is 0.568. The second-order valence-electron chi connectivity index (χ2n) is 3.62. The molecule has 62 valence electrons. The molecule has 11 heavy (non-hydrogen) atoms. The van der Waals surface area contributed by atoms with E-state index < -0.39 is 0 Å². The minimum absolute atomic E-state index is 0.00898. The molecule has 3 atom stereocenters. The summed E-state index contributed by atoms with van der Waals surface area (Å²) in [5.74, 6) is 3.95. The zero-order valence-corrected chi connectivity index (χ0v) is 7.22. The van der Waals surface area contributed by atoms with Crippen LogP contribution in [0.1, 0.15) is 32.6 Å². The standard InChI is InChI=1S/C10H17N/c1-3-10(11)9-7-5-4-6-8(9)2/h1,8-10H,4-7,11H2,2H3. The van der Waals surface area contributed by atoms with Crippen LogP contribution in [0.25, 0.3) is 0 Å². The van der Waals surface area contributed by atoms with E-state index in [1.165, 1.54) is 25.7 Å². The number of hydrogen-bond acceptors (Lipinski definition) is 1. The van der Waals surface area contributed by atoms with Gasteiger partial charge in [-0.2, -0.15) is 0 Å². The number of nitrogens with two attached hydrogens (primary N) is 1. The lowest BCUT2D eigenvalue weighted by Gasteiger charge is -2.30. The summed E-state index contributed by atoms with van der Waals surface area (Å²) in [7, 11) is 0. The fraction of sp³-hybridized carbons (Fsp3) is 0.800. The molecule has 0 radical (unpaired) electrons. The van der Waals surface area contributed by atoms with Gasteiger partial charge in [0.15, 0.2) is 0 Å². The van der Waals surface area contributed by atoms with Crippen molar-refractivity contribution >= 4 is 0 Å². The van der Waals surface area contributed by atoms with Crippen molar-refractivity contribution in [3.63, 3.8) is 0 Å². The zero-order valence-electron chi connectivity index (χ0n) is 7.22. The van der Waals surface area contributed by atoms with E-state index >= 15 is 0 Å². The van der Waals surface area contributed by atoms with Gasteiger partial charge in [-0.25, -0.2) is 0 Å². The maximum absolute atomic E-state index is 5.80. The summed E-state index contributed by atoms with van der Waals surface area (Å²) in [6, 6.07) is -0.00898. The SMILES string of the molecule is C#CC(N)C1CCCCC1C. The molecule has 0 heterocycles. The molecule has 3 unspecified atom stereocenters. The number of terminal acetylenes is 1. The van der Waals surface area contributed by atoms with E-state index in [4.69, 9.17) is 12.2 Å². The molecular formula is C10H17N. The summed E-state index contributed by atoms with van der Waals surface area (Å²) >= 11 is 0. The molecule has 1 heteroatoms. The van der Waals surface area contributed by atoms with Gasteiger partial charge in [0.05, 0.1) is 6.04 Å². The van der Waals surface area contributed by atoms with Gasteiger partial charge in [0.2, 0.25) is 0 Å². The molecule has 0 saturated heterocycles. The second kappa shape index (κ2) is 3.78. The molecule has 0 aromatic carbocycles. The summed E-state index contributed by atoms with van der Waals surface area (Å²) < 4.78 is 0. The van der Waals surface area contributed by atoms with Gasteiger partial charge in [0, 0.05) is 0 Å². The van der Waals surface area contributed by atoms with Crippen molar-refractivity contribution in [1.29, 1.82) is 0 Å². The fourth-order valence-electron chi connectivity index (χ4n) is 2.00. The molecule has 0 aromatic rings. The highest BCUT2D eigenvalue weighted by molar-refractivity contribution is 5.01. The van der Waals surface area contributed by atoms with Crippen LogP contribution in [0.4, 0.5) is 0 Å². The molecule has 0 aliphatic heterocycles. The Bertz CT molecular complexity index is 157. The molecular weight excluding hydrogens is 134 g/mol. The Kier molecular flexibility index (Phi) is 2.96. The topological polar surface area (TPSA) is 26.0 Å². The fourth-order valence-corrected chi connectivity index (χ4v) is 2.00. The first-order chi connectivity index (χ1) is 5.25. The largest absolute Gasteiger partial charge is 0.317 e. The van der Waals surface area contributed by atoms with Crippen molar-refractivity contribution in [3.8, 4) is 12.3 Å². The third-order valence-corrected chi connectivity index (χ3v) is 2.83. The molecule has 1 rings (SSSR count). The first-order valence-electron chi connectivity index (χ1n) is 4.47. The first kappa shape index (κ1) is 8.62. The Morgan fingerprint density at radius 1 is 1.45 bits per heavy atom. The minimum atomic E-state index is -0.00898. The number of hydrogen-bond donors (Lipinski definition) is 1. The zero-order chi connectivity index (χ0) is 8.27. The van der Waals surface area contributed by atoms with E-state index in [1.54, 1.807) is 0 Å². The summed E-state index contributed by atoms with van der Waals surface area (Å²) in [6.45, 7) is 2.26. The molecule has 2 N–H and O–H groups in total. The average molecular weight is 151 g/mol. The normalized spacial score (nSPS) is 34.3. The molecule has 1 saturated carbocycles. The third-order valence-electron chi connectivity index (χ3n) is 2.83. The van der Waals surface area contributed by atoms with Crippen molar-refractivity contribution < 1.29 is 0 Å². The van der Waals surface area contributed by atoms with E-state index in [9.17, 15) is 0 Å². The van der Waals surface area contributed by atoms with Gasteiger partial charge in [-0.1, -0.05) is 32.1 Å². The Balaban J connectivity index is 2.48. The summed E-state index contributed by atoms with van der Waals surface area (Å²) in [5, 5.41) is 0. The lowest BCUT2D eigenvalue weighted by atomic mass is 9.77. The summed E-state index contributed by atoms with van der Waals surface area (Å²) in [6.07, 6.45) is 10.5. The third kappa shape index (κ3) is 1.97. The molecule has 1 fully saturated rings. The van der Waals surface area contributed by atoms with Gasteiger partial charge >= 0.3 is 0 Å². The summed E-state index contributed by atoms with van der Waals surface area (Å²) in [5.41, 5.74) is 5.80.